The minimum atomic E-state index is -0.131. The molecule has 0 radical (unpaired) electrons. The van der Waals surface area contributed by atoms with Gasteiger partial charge >= 0.3 is 6.03 Å². The number of carbonyl (C=O) groups excluding carboxylic acids is 1. The van der Waals surface area contributed by atoms with Gasteiger partial charge in [0.1, 0.15) is 11.1 Å². The maximum atomic E-state index is 12.3. The molecular formula is C15H19N5O2S. The zero-order valence-corrected chi connectivity index (χ0v) is 13.8. The van der Waals surface area contributed by atoms with E-state index in [0.29, 0.717) is 32.7 Å². The highest BCUT2D eigenvalue weighted by Crippen LogP contribution is 2.25. The summed E-state index contributed by atoms with van der Waals surface area (Å²) < 4.78 is 5.74. The molecule has 3 rings (SSSR count). The van der Waals surface area contributed by atoms with Gasteiger partial charge in [-0.2, -0.15) is 0 Å². The second-order valence-electron chi connectivity index (χ2n) is 5.31. The molecule has 1 fully saturated rings. The van der Waals surface area contributed by atoms with E-state index in [0.717, 1.165) is 16.4 Å². The van der Waals surface area contributed by atoms with Crippen LogP contribution in [-0.4, -0.2) is 52.1 Å². The largest absolute Gasteiger partial charge is 0.367 e. The first kappa shape index (κ1) is 15.8. The molecule has 1 atom stereocenters. The molecule has 1 aliphatic rings. The number of ether oxygens (including phenoxy) is 1. The summed E-state index contributed by atoms with van der Waals surface area (Å²) in [6, 6.07) is -0.0736. The Balaban J connectivity index is 1.49. The molecule has 7 nitrogen and oxygen atoms in total. The lowest BCUT2D eigenvalue weighted by Gasteiger charge is -2.32. The van der Waals surface area contributed by atoms with E-state index in [4.69, 9.17) is 4.74 Å². The Morgan fingerprint density at radius 2 is 2.43 bits per heavy atom. The van der Waals surface area contributed by atoms with Crippen molar-refractivity contribution in [2.45, 2.75) is 19.4 Å². The van der Waals surface area contributed by atoms with E-state index in [2.05, 4.69) is 20.3 Å². The van der Waals surface area contributed by atoms with Crippen molar-refractivity contribution in [3.05, 3.63) is 40.4 Å². The number of aromatic nitrogens is 3. The van der Waals surface area contributed by atoms with Crippen molar-refractivity contribution < 1.29 is 9.53 Å². The highest BCUT2D eigenvalue weighted by Gasteiger charge is 2.27. The summed E-state index contributed by atoms with van der Waals surface area (Å²) in [7, 11) is 0. The third-order valence-corrected chi connectivity index (χ3v) is 4.59. The number of nitrogens with zero attached hydrogens (tertiary/aromatic N) is 4. The summed E-state index contributed by atoms with van der Waals surface area (Å²) in [5.41, 5.74) is 1.85. The van der Waals surface area contributed by atoms with Crippen LogP contribution in [0.15, 0.2) is 24.0 Å². The predicted octanol–water partition coefficient (Wildman–Crippen LogP) is 1.57. The van der Waals surface area contributed by atoms with Crippen molar-refractivity contribution in [1.82, 2.24) is 25.2 Å². The number of aryl methyl sites for hydroxylation is 1. The number of amides is 2. The van der Waals surface area contributed by atoms with Gasteiger partial charge in [0.2, 0.25) is 0 Å². The summed E-state index contributed by atoms with van der Waals surface area (Å²) in [6.45, 7) is 4.15. The van der Waals surface area contributed by atoms with Gasteiger partial charge in [-0.25, -0.2) is 9.78 Å². The normalized spacial score (nSPS) is 18.0. The van der Waals surface area contributed by atoms with Crippen LogP contribution in [-0.2, 0) is 11.2 Å². The van der Waals surface area contributed by atoms with Crippen LogP contribution < -0.4 is 5.32 Å². The fourth-order valence-corrected chi connectivity index (χ4v) is 3.21. The molecule has 0 saturated carbocycles. The number of urea groups is 1. The van der Waals surface area contributed by atoms with E-state index < -0.39 is 0 Å². The first-order valence-corrected chi connectivity index (χ1v) is 8.41. The van der Waals surface area contributed by atoms with Gasteiger partial charge in [0.15, 0.2) is 0 Å². The Morgan fingerprint density at radius 3 is 3.17 bits per heavy atom. The molecule has 0 bridgehead atoms. The summed E-state index contributed by atoms with van der Waals surface area (Å²) in [4.78, 5) is 26.7. The minimum absolute atomic E-state index is 0.0736. The molecule has 2 aromatic heterocycles. The van der Waals surface area contributed by atoms with Crippen molar-refractivity contribution in [3.8, 4) is 0 Å². The molecule has 2 amide bonds. The quantitative estimate of drug-likeness (QED) is 0.918. The Kier molecular flexibility index (Phi) is 5.14. The number of thiazole rings is 1. The SMILES string of the molecule is Cc1csc(C2CN(C(=O)NCCc3cnccn3)CCO2)n1. The second kappa shape index (κ2) is 7.47. The number of hydrogen-bond donors (Lipinski definition) is 1. The first-order valence-electron chi connectivity index (χ1n) is 7.53. The maximum Gasteiger partial charge on any atom is 0.317 e. The number of carbonyl (C=O) groups is 1. The van der Waals surface area contributed by atoms with Crippen LogP contribution in [0.5, 0.6) is 0 Å². The average molecular weight is 333 g/mol. The van der Waals surface area contributed by atoms with Gasteiger partial charge in [-0.3, -0.25) is 9.97 Å². The monoisotopic (exact) mass is 333 g/mol. The van der Waals surface area contributed by atoms with Crippen molar-refractivity contribution in [2.75, 3.05) is 26.2 Å². The van der Waals surface area contributed by atoms with Crippen LogP contribution >= 0.6 is 11.3 Å². The van der Waals surface area contributed by atoms with E-state index >= 15 is 0 Å². The molecule has 23 heavy (non-hydrogen) atoms. The molecule has 1 N–H and O–H groups in total. The molecule has 2 aromatic rings. The van der Waals surface area contributed by atoms with Crippen molar-refractivity contribution >= 4 is 17.4 Å². The summed E-state index contributed by atoms with van der Waals surface area (Å²) in [6.07, 6.45) is 5.53. The Bertz CT molecular complexity index is 648. The summed E-state index contributed by atoms with van der Waals surface area (Å²) in [5.74, 6) is 0. The van der Waals surface area contributed by atoms with E-state index in [1.807, 2.05) is 12.3 Å². The lowest BCUT2D eigenvalue weighted by Crippen LogP contribution is -2.47. The van der Waals surface area contributed by atoms with Gasteiger partial charge < -0.3 is 15.0 Å². The number of nitrogens with one attached hydrogen (secondary N) is 1. The summed E-state index contributed by atoms with van der Waals surface area (Å²) in [5, 5.41) is 5.85. The van der Waals surface area contributed by atoms with Crippen LogP contribution in [0.3, 0.4) is 0 Å². The molecule has 3 heterocycles. The number of morpholine rings is 1. The average Bonchev–Trinajstić information content (AvgIpc) is 3.02. The highest BCUT2D eigenvalue weighted by atomic mass is 32.1. The number of hydrogen-bond acceptors (Lipinski definition) is 6. The molecule has 1 saturated heterocycles. The van der Waals surface area contributed by atoms with Crippen LogP contribution in [0.1, 0.15) is 22.5 Å². The third-order valence-electron chi connectivity index (χ3n) is 3.54. The zero-order chi connectivity index (χ0) is 16.1. The fraction of sp³-hybridized carbons (Fsp3) is 0.467. The second-order valence-corrected chi connectivity index (χ2v) is 6.20. The van der Waals surface area contributed by atoms with E-state index in [1.54, 1.807) is 34.8 Å². The maximum absolute atomic E-state index is 12.3. The van der Waals surface area contributed by atoms with Crippen LogP contribution in [0.25, 0.3) is 0 Å². The third kappa shape index (κ3) is 4.23. The van der Waals surface area contributed by atoms with E-state index in [1.165, 1.54) is 0 Å². The molecular weight excluding hydrogens is 314 g/mol. The first-order chi connectivity index (χ1) is 11.2. The fourth-order valence-electron chi connectivity index (χ4n) is 2.37. The van der Waals surface area contributed by atoms with Crippen molar-refractivity contribution in [1.29, 1.82) is 0 Å². The van der Waals surface area contributed by atoms with Crippen molar-refractivity contribution in [2.24, 2.45) is 0 Å². The zero-order valence-electron chi connectivity index (χ0n) is 12.9. The van der Waals surface area contributed by atoms with Gasteiger partial charge in [0.25, 0.3) is 0 Å². The molecule has 122 valence electrons. The molecule has 0 aliphatic carbocycles. The highest BCUT2D eigenvalue weighted by molar-refractivity contribution is 7.09. The van der Waals surface area contributed by atoms with E-state index in [-0.39, 0.29) is 12.1 Å². The topological polar surface area (TPSA) is 80.2 Å². The Labute approximate surface area is 138 Å². The van der Waals surface area contributed by atoms with Gasteiger partial charge in [-0.05, 0) is 6.92 Å². The lowest BCUT2D eigenvalue weighted by atomic mass is 10.3. The molecule has 1 aliphatic heterocycles. The van der Waals surface area contributed by atoms with Gasteiger partial charge in [0, 0.05) is 49.2 Å². The smallest absolute Gasteiger partial charge is 0.317 e. The molecule has 8 heteroatoms. The van der Waals surface area contributed by atoms with Gasteiger partial charge in [0.05, 0.1) is 18.8 Å². The van der Waals surface area contributed by atoms with Crippen molar-refractivity contribution in [3.63, 3.8) is 0 Å². The Hall–Kier alpha value is -2.06. The van der Waals surface area contributed by atoms with Crippen LogP contribution in [0, 0.1) is 6.92 Å². The van der Waals surface area contributed by atoms with E-state index in [9.17, 15) is 4.79 Å². The minimum Gasteiger partial charge on any atom is -0.367 e. The lowest BCUT2D eigenvalue weighted by molar-refractivity contribution is -0.0155. The number of rotatable bonds is 4. The summed E-state index contributed by atoms with van der Waals surface area (Å²) >= 11 is 1.58. The Morgan fingerprint density at radius 1 is 1.52 bits per heavy atom. The van der Waals surface area contributed by atoms with Gasteiger partial charge in [-0.15, -0.1) is 11.3 Å². The van der Waals surface area contributed by atoms with Gasteiger partial charge in [-0.1, -0.05) is 0 Å². The molecule has 0 aromatic carbocycles. The van der Waals surface area contributed by atoms with Crippen LogP contribution in [0.4, 0.5) is 4.79 Å². The van der Waals surface area contributed by atoms with Crippen LogP contribution in [0.2, 0.25) is 0 Å². The molecule has 0 spiro atoms. The predicted molar refractivity (Wildman–Crippen MR) is 86.3 cm³/mol. The standard InChI is InChI=1S/C15H19N5O2S/c1-11-10-23-14(19-11)13-9-20(6-7-22-13)15(21)18-3-2-12-8-16-4-5-17-12/h4-5,8,10,13H,2-3,6-7,9H2,1H3,(H,18,21). The molecule has 1 unspecified atom stereocenters.